The number of aliphatic hydroxyl groups excluding tert-OH is 4. The lowest BCUT2D eigenvalue weighted by atomic mass is 9.81. The highest BCUT2D eigenvalue weighted by molar-refractivity contribution is 5.73. The van der Waals surface area contributed by atoms with Crippen molar-refractivity contribution >= 4 is 12.1 Å². The van der Waals surface area contributed by atoms with Crippen molar-refractivity contribution in [2.45, 2.75) is 105 Å². The zero-order chi connectivity index (χ0) is 32.3. The molecule has 0 radical (unpaired) electrons. The van der Waals surface area contributed by atoms with Gasteiger partial charge in [0.2, 0.25) is 0 Å². The number of amides is 1. The Morgan fingerprint density at radius 1 is 1.02 bits per heavy atom. The molecule has 9 nitrogen and oxygen atoms in total. The number of cyclic esters (lactones) is 1. The van der Waals surface area contributed by atoms with E-state index in [2.05, 4.69) is 6.58 Å². The van der Waals surface area contributed by atoms with Crippen LogP contribution in [0.1, 0.15) is 68.2 Å². The summed E-state index contributed by atoms with van der Waals surface area (Å²) in [7, 11) is 0. The highest BCUT2D eigenvalue weighted by Gasteiger charge is 2.41. The maximum absolute atomic E-state index is 12.0. The van der Waals surface area contributed by atoms with Crippen LogP contribution < -0.4 is 5.73 Å². The number of hydrogen-bond acceptors (Lipinski definition) is 8. The molecule has 13 atom stereocenters. The van der Waals surface area contributed by atoms with E-state index < -0.39 is 54.6 Å². The Hall–Kier alpha value is -2.46. The summed E-state index contributed by atoms with van der Waals surface area (Å²) in [4.78, 5) is 23.5. The summed E-state index contributed by atoms with van der Waals surface area (Å²) >= 11 is 0. The summed E-state index contributed by atoms with van der Waals surface area (Å²) in [5.41, 5.74) is 6.30. The first kappa shape index (κ1) is 37.6. The summed E-state index contributed by atoms with van der Waals surface area (Å²) < 4.78 is 10.8. The molecule has 1 heterocycles. The summed E-state index contributed by atoms with van der Waals surface area (Å²) in [5.74, 6) is -2.52. The van der Waals surface area contributed by atoms with E-state index in [1.165, 1.54) is 0 Å². The van der Waals surface area contributed by atoms with Crippen LogP contribution in [0.4, 0.5) is 4.79 Å². The van der Waals surface area contributed by atoms with Crippen LogP contribution >= 0.6 is 0 Å². The Kier molecular flexibility index (Phi) is 15.7. The second kappa shape index (κ2) is 17.6. The van der Waals surface area contributed by atoms with Gasteiger partial charge in [-0.05, 0) is 26.2 Å². The van der Waals surface area contributed by atoms with Crippen molar-refractivity contribution in [2.75, 3.05) is 0 Å². The normalized spacial score (nSPS) is 28.3. The summed E-state index contributed by atoms with van der Waals surface area (Å²) in [6, 6.07) is 0. The first-order chi connectivity index (χ1) is 19.5. The smallest absolute Gasteiger partial charge is 0.404 e. The molecule has 240 valence electrons. The first-order valence-electron chi connectivity index (χ1n) is 15.0. The summed E-state index contributed by atoms with van der Waals surface area (Å²) in [5, 5.41) is 42.8. The lowest BCUT2D eigenvalue weighted by Gasteiger charge is -2.36. The van der Waals surface area contributed by atoms with E-state index in [0.717, 1.165) is 5.57 Å². The van der Waals surface area contributed by atoms with E-state index in [0.29, 0.717) is 6.42 Å². The molecule has 0 aromatic rings. The Labute approximate surface area is 252 Å². The number of carbonyl (C=O) groups is 2. The fourth-order valence-corrected chi connectivity index (χ4v) is 5.80. The number of ether oxygens (including phenoxy) is 2. The predicted molar refractivity (Wildman–Crippen MR) is 164 cm³/mol. The van der Waals surface area contributed by atoms with Gasteiger partial charge < -0.3 is 35.6 Å². The second-order valence-electron chi connectivity index (χ2n) is 12.4. The van der Waals surface area contributed by atoms with E-state index in [1.54, 1.807) is 38.2 Å². The Morgan fingerprint density at radius 3 is 2.21 bits per heavy atom. The molecule has 9 heteroatoms. The van der Waals surface area contributed by atoms with Crippen LogP contribution in [0.25, 0.3) is 0 Å². The first-order valence-corrected chi connectivity index (χ1v) is 15.0. The number of primary amides is 1. The van der Waals surface area contributed by atoms with E-state index in [-0.39, 0.29) is 41.9 Å². The van der Waals surface area contributed by atoms with Crippen molar-refractivity contribution in [2.24, 2.45) is 47.2 Å². The van der Waals surface area contributed by atoms with Crippen LogP contribution in [0.3, 0.4) is 0 Å². The molecule has 42 heavy (non-hydrogen) atoms. The minimum atomic E-state index is -0.894. The van der Waals surface area contributed by atoms with E-state index in [9.17, 15) is 30.0 Å². The third kappa shape index (κ3) is 11.3. The Morgan fingerprint density at radius 2 is 1.64 bits per heavy atom. The van der Waals surface area contributed by atoms with Crippen molar-refractivity contribution in [1.29, 1.82) is 0 Å². The molecule has 1 saturated heterocycles. The summed E-state index contributed by atoms with van der Waals surface area (Å²) in [6.07, 6.45) is 6.04. The zero-order valence-electron chi connectivity index (χ0n) is 26.6. The van der Waals surface area contributed by atoms with Crippen LogP contribution in [0.2, 0.25) is 0 Å². The van der Waals surface area contributed by atoms with Crippen LogP contribution in [0.5, 0.6) is 0 Å². The van der Waals surface area contributed by atoms with E-state index >= 15 is 0 Å². The SMILES string of the molecule is C=C/C=C\[C@H](C)C(OC(N)=O)C(C)C(O)C(C)C/C(C)=C\[C@H](C)[C@@H](O)[C@@H](C)/C=C\C(O)CC1OC(=O)C(C)C(O)C1C. The maximum Gasteiger partial charge on any atom is 0.404 e. The van der Waals surface area contributed by atoms with Gasteiger partial charge in [0, 0.05) is 36.0 Å². The van der Waals surface area contributed by atoms with Gasteiger partial charge in [0.1, 0.15) is 12.2 Å². The average Bonchev–Trinajstić information content (AvgIpc) is 2.93. The van der Waals surface area contributed by atoms with Gasteiger partial charge in [-0.1, -0.05) is 90.2 Å². The van der Waals surface area contributed by atoms with Gasteiger partial charge in [0.15, 0.2) is 0 Å². The third-order valence-electron chi connectivity index (χ3n) is 8.62. The highest BCUT2D eigenvalue weighted by atomic mass is 16.6. The highest BCUT2D eigenvalue weighted by Crippen LogP contribution is 2.30. The lowest BCUT2D eigenvalue weighted by molar-refractivity contribution is -0.179. The van der Waals surface area contributed by atoms with Crippen LogP contribution in [-0.2, 0) is 14.3 Å². The minimum Gasteiger partial charge on any atom is -0.462 e. The number of esters is 1. The molecule has 0 bridgehead atoms. The largest absolute Gasteiger partial charge is 0.462 e. The van der Waals surface area contributed by atoms with Gasteiger partial charge in [-0.2, -0.15) is 0 Å². The molecule has 0 saturated carbocycles. The molecule has 0 aromatic heterocycles. The van der Waals surface area contributed by atoms with Crippen LogP contribution in [0.15, 0.2) is 48.6 Å². The third-order valence-corrected chi connectivity index (χ3v) is 8.62. The minimum absolute atomic E-state index is 0.152. The molecule has 1 fully saturated rings. The van der Waals surface area contributed by atoms with E-state index in [1.807, 2.05) is 53.7 Å². The number of nitrogens with two attached hydrogens (primary N) is 1. The van der Waals surface area contributed by atoms with Gasteiger partial charge in [-0.3, -0.25) is 4.79 Å². The predicted octanol–water partition coefficient (Wildman–Crippen LogP) is 4.30. The monoisotopic (exact) mass is 593 g/mol. The van der Waals surface area contributed by atoms with Gasteiger partial charge >= 0.3 is 12.1 Å². The number of aliphatic hydroxyl groups is 4. The molecule has 6 N–H and O–H groups in total. The van der Waals surface area contributed by atoms with Gasteiger partial charge in [-0.25, -0.2) is 4.79 Å². The number of hydrogen-bond donors (Lipinski definition) is 5. The average molecular weight is 594 g/mol. The van der Waals surface area contributed by atoms with Gasteiger partial charge in [0.05, 0.1) is 30.3 Å². The Balaban J connectivity index is 2.76. The van der Waals surface area contributed by atoms with Crippen molar-refractivity contribution in [3.63, 3.8) is 0 Å². The molecule has 1 aliphatic heterocycles. The van der Waals surface area contributed by atoms with Crippen molar-refractivity contribution < 1.29 is 39.5 Å². The number of carbonyl (C=O) groups excluding carboxylic acids is 2. The van der Waals surface area contributed by atoms with E-state index in [4.69, 9.17) is 15.2 Å². The molecule has 0 aliphatic carbocycles. The fraction of sp³-hybridized carbons (Fsp3) is 0.697. The summed E-state index contributed by atoms with van der Waals surface area (Å²) in [6.45, 7) is 18.5. The standard InChI is InChI=1S/C33H55NO8/c1-10-11-12-20(4)31(42-33(34)40)24(8)29(37)22(6)16-18(2)15-21(5)28(36)19(3)13-14-26(35)17-27-23(7)30(38)25(9)32(39)41-27/h10-15,19-31,35-38H,1,16-17H2,2-9H3,(H2,34,40)/b12-11-,14-13-,18-15-/t19-,20-,21-,22?,23?,24?,25?,26?,27?,28-,29?,30?,31?/m0/s1. The molecule has 9 unspecified atom stereocenters. The van der Waals surface area contributed by atoms with Crippen molar-refractivity contribution in [3.05, 3.63) is 48.6 Å². The molecule has 0 spiro atoms. The fourth-order valence-electron chi connectivity index (χ4n) is 5.80. The molecular weight excluding hydrogens is 538 g/mol. The number of rotatable bonds is 16. The molecule has 1 amide bonds. The van der Waals surface area contributed by atoms with Crippen LogP contribution in [0, 0.1) is 41.4 Å². The lowest BCUT2D eigenvalue weighted by Crippen LogP contribution is -2.47. The maximum atomic E-state index is 12.0. The molecule has 1 rings (SSSR count). The second-order valence-corrected chi connectivity index (χ2v) is 12.4. The topological polar surface area (TPSA) is 160 Å². The Bertz CT molecular complexity index is 962. The molecular formula is C33H55NO8. The molecule has 1 aliphatic rings. The zero-order valence-corrected chi connectivity index (χ0v) is 26.6. The van der Waals surface area contributed by atoms with Gasteiger partial charge in [0.25, 0.3) is 0 Å². The number of allylic oxidation sites excluding steroid dienone is 3. The van der Waals surface area contributed by atoms with Crippen molar-refractivity contribution in [3.8, 4) is 0 Å². The van der Waals surface area contributed by atoms with Crippen LogP contribution in [-0.4, -0.2) is 69.1 Å². The van der Waals surface area contributed by atoms with Gasteiger partial charge in [-0.15, -0.1) is 0 Å². The van der Waals surface area contributed by atoms with Crippen molar-refractivity contribution in [1.82, 2.24) is 0 Å². The molecule has 0 aromatic carbocycles. The quantitative estimate of drug-likeness (QED) is 0.101.